The summed E-state index contributed by atoms with van der Waals surface area (Å²) in [6.45, 7) is 8.72. The molecule has 0 radical (unpaired) electrons. The summed E-state index contributed by atoms with van der Waals surface area (Å²) in [6, 6.07) is 7.41. The monoisotopic (exact) mass is 347 g/mol. The summed E-state index contributed by atoms with van der Waals surface area (Å²) < 4.78 is 0. The number of phenolic OH excluding ortho intramolecular Hbond substituents is 1. The van der Waals surface area contributed by atoms with Crippen LogP contribution in [-0.2, 0) is 11.3 Å². The summed E-state index contributed by atoms with van der Waals surface area (Å²) in [6.07, 6.45) is 1.80. The average molecular weight is 348 g/mol. The minimum absolute atomic E-state index is 0.0785. The second kappa shape index (κ2) is 8.68. The van der Waals surface area contributed by atoms with E-state index in [4.69, 9.17) is 0 Å². The van der Waals surface area contributed by atoms with Crippen LogP contribution in [0.1, 0.15) is 32.3 Å². The highest BCUT2D eigenvalue weighted by molar-refractivity contribution is 5.78. The summed E-state index contributed by atoms with van der Waals surface area (Å²) in [7, 11) is 4.12. The Morgan fingerprint density at radius 1 is 1.32 bits per heavy atom. The zero-order chi connectivity index (χ0) is 18.4. The quantitative estimate of drug-likeness (QED) is 0.795. The van der Waals surface area contributed by atoms with Gasteiger partial charge in [0, 0.05) is 25.6 Å². The maximum atomic E-state index is 12.5. The molecule has 1 heterocycles. The largest absolute Gasteiger partial charge is 0.508 e. The molecule has 1 amide bonds. The Hall–Kier alpha value is -1.59. The Labute approximate surface area is 152 Å². The molecule has 5 heteroatoms. The van der Waals surface area contributed by atoms with Gasteiger partial charge >= 0.3 is 0 Å². The van der Waals surface area contributed by atoms with Gasteiger partial charge in [-0.1, -0.05) is 26.0 Å². The molecule has 140 valence electrons. The lowest BCUT2D eigenvalue weighted by atomic mass is 9.91. The van der Waals surface area contributed by atoms with Gasteiger partial charge in [-0.05, 0) is 63.1 Å². The third-order valence-corrected chi connectivity index (χ3v) is 4.76. The van der Waals surface area contributed by atoms with Crippen molar-refractivity contribution < 1.29 is 9.90 Å². The van der Waals surface area contributed by atoms with E-state index in [0.717, 1.165) is 44.6 Å². The van der Waals surface area contributed by atoms with Crippen molar-refractivity contribution in [3.63, 3.8) is 0 Å². The Morgan fingerprint density at radius 3 is 2.60 bits per heavy atom. The molecule has 1 aliphatic rings. The number of phenols is 1. The normalized spacial score (nSPS) is 17.0. The van der Waals surface area contributed by atoms with E-state index in [0.29, 0.717) is 12.3 Å². The number of benzene rings is 1. The first kappa shape index (κ1) is 19.7. The standard InChI is InChI=1S/C20H33N3O2/c1-20(2,15-22(3)4)14-21-19(25)17-8-10-23(11-9-17)13-16-6-5-7-18(24)12-16/h5-7,12,17,24H,8-11,13-15H2,1-4H3,(H,21,25). The molecule has 0 aliphatic carbocycles. The van der Waals surface area contributed by atoms with Crippen LogP contribution in [0.5, 0.6) is 5.75 Å². The fourth-order valence-electron chi connectivity index (χ4n) is 3.65. The Bertz CT molecular complexity index is 564. The number of piperidine rings is 1. The third kappa shape index (κ3) is 6.67. The molecular formula is C20H33N3O2. The number of rotatable bonds is 7. The maximum absolute atomic E-state index is 12.5. The molecule has 0 bridgehead atoms. The van der Waals surface area contributed by atoms with Crippen LogP contribution in [0.25, 0.3) is 0 Å². The molecule has 5 nitrogen and oxygen atoms in total. The molecule has 2 N–H and O–H groups in total. The number of nitrogens with one attached hydrogen (secondary N) is 1. The highest BCUT2D eigenvalue weighted by atomic mass is 16.3. The lowest BCUT2D eigenvalue weighted by Gasteiger charge is -2.33. The topological polar surface area (TPSA) is 55.8 Å². The average Bonchev–Trinajstić information content (AvgIpc) is 2.52. The van der Waals surface area contributed by atoms with Crippen molar-refractivity contribution >= 4 is 5.91 Å². The van der Waals surface area contributed by atoms with Crippen LogP contribution >= 0.6 is 0 Å². The lowest BCUT2D eigenvalue weighted by Crippen LogP contribution is -2.44. The SMILES string of the molecule is CN(C)CC(C)(C)CNC(=O)C1CCN(Cc2cccc(O)c2)CC1. The Morgan fingerprint density at radius 2 is 2.00 bits per heavy atom. The van der Waals surface area contributed by atoms with Crippen LogP contribution in [0.15, 0.2) is 24.3 Å². The van der Waals surface area contributed by atoms with E-state index in [1.54, 1.807) is 6.07 Å². The van der Waals surface area contributed by atoms with Gasteiger partial charge in [-0.25, -0.2) is 0 Å². The molecule has 1 aromatic carbocycles. The molecule has 1 aliphatic heterocycles. The van der Waals surface area contributed by atoms with Gasteiger partial charge in [-0.3, -0.25) is 9.69 Å². The molecule has 0 aromatic heterocycles. The van der Waals surface area contributed by atoms with Crippen molar-refractivity contribution in [2.24, 2.45) is 11.3 Å². The first-order valence-corrected chi connectivity index (χ1v) is 9.18. The Kier molecular flexibility index (Phi) is 6.85. The zero-order valence-corrected chi connectivity index (χ0v) is 16.1. The van der Waals surface area contributed by atoms with E-state index in [2.05, 4.69) is 43.1 Å². The van der Waals surface area contributed by atoms with Crippen LogP contribution in [-0.4, -0.2) is 61.1 Å². The molecule has 1 fully saturated rings. The Balaban J connectivity index is 1.74. The van der Waals surface area contributed by atoms with Crippen LogP contribution < -0.4 is 5.32 Å². The highest BCUT2D eigenvalue weighted by Crippen LogP contribution is 2.21. The second-order valence-corrected chi connectivity index (χ2v) is 8.34. The molecule has 0 spiro atoms. The van der Waals surface area contributed by atoms with Gasteiger partial charge in [0.1, 0.15) is 5.75 Å². The summed E-state index contributed by atoms with van der Waals surface area (Å²) in [4.78, 5) is 17.0. The van der Waals surface area contributed by atoms with Gasteiger partial charge in [-0.2, -0.15) is 0 Å². The number of amides is 1. The highest BCUT2D eigenvalue weighted by Gasteiger charge is 2.27. The van der Waals surface area contributed by atoms with E-state index in [9.17, 15) is 9.90 Å². The van der Waals surface area contributed by atoms with Crippen LogP contribution in [0, 0.1) is 11.3 Å². The smallest absolute Gasteiger partial charge is 0.223 e. The predicted molar refractivity (Wildman–Crippen MR) is 101 cm³/mol. The van der Waals surface area contributed by atoms with Crippen molar-refractivity contribution in [2.75, 3.05) is 40.3 Å². The van der Waals surface area contributed by atoms with Crippen molar-refractivity contribution in [1.82, 2.24) is 15.1 Å². The number of nitrogens with zero attached hydrogens (tertiary/aromatic N) is 2. The first-order valence-electron chi connectivity index (χ1n) is 9.18. The first-order chi connectivity index (χ1) is 11.7. The molecule has 1 saturated heterocycles. The number of hydrogen-bond donors (Lipinski definition) is 2. The molecule has 25 heavy (non-hydrogen) atoms. The van der Waals surface area contributed by atoms with Crippen LogP contribution in [0.3, 0.4) is 0 Å². The number of likely N-dealkylation sites (tertiary alicyclic amines) is 1. The lowest BCUT2D eigenvalue weighted by molar-refractivity contribution is -0.127. The second-order valence-electron chi connectivity index (χ2n) is 8.34. The zero-order valence-electron chi connectivity index (χ0n) is 16.1. The minimum atomic E-state index is 0.0785. The van der Waals surface area contributed by atoms with E-state index in [1.165, 1.54) is 0 Å². The van der Waals surface area contributed by atoms with Gasteiger partial charge in [0.15, 0.2) is 0 Å². The molecule has 0 unspecified atom stereocenters. The summed E-state index contributed by atoms with van der Waals surface area (Å²) in [5.41, 5.74) is 1.20. The summed E-state index contributed by atoms with van der Waals surface area (Å²) in [5, 5.41) is 12.7. The van der Waals surface area contributed by atoms with Gasteiger partial charge < -0.3 is 15.3 Å². The fourth-order valence-corrected chi connectivity index (χ4v) is 3.65. The van der Waals surface area contributed by atoms with Gasteiger partial charge in [-0.15, -0.1) is 0 Å². The molecule has 0 saturated carbocycles. The number of hydrogen-bond acceptors (Lipinski definition) is 4. The summed E-state index contributed by atoms with van der Waals surface area (Å²) >= 11 is 0. The van der Waals surface area contributed by atoms with Crippen molar-refractivity contribution in [1.29, 1.82) is 0 Å². The van der Waals surface area contributed by atoms with Crippen molar-refractivity contribution in [2.45, 2.75) is 33.2 Å². The maximum Gasteiger partial charge on any atom is 0.223 e. The van der Waals surface area contributed by atoms with Crippen LogP contribution in [0.2, 0.25) is 0 Å². The number of carbonyl (C=O) groups is 1. The van der Waals surface area contributed by atoms with E-state index in [-0.39, 0.29) is 17.2 Å². The van der Waals surface area contributed by atoms with Gasteiger partial charge in [0.05, 0.1) is 0 Å². The minimum Gasteiger partial charge on any atom is -0.508 e. The van der Waals surface area contributed by atoms with Crippen molar-refractivity contribution in [3.8, 4) is 5.75 Å². The van der Waals surface area contributed by atoms with E-state index >= 15 is 0 Å². The molecule has 0 atom stereocenters. The van der Waals surface area contributed by atoms with Gasteiger partial charge in [0.25, 0.3) is 0 Å². The molecule has 2 rings (SSSR count). The predicted octanol–water partition coefficient (Wildman–Crippen LogP) is 2.31. The van der Waals surface area contributed by atoms with Crippen molar-refractivity contribution in [3.05, 3.63) is 29.8 Å². The third-order valence-electron chi connectivity index (χ3n) is 4.76. The molecular weight excluding hydrogens is 314 g/mol. The molecule has 1 aromatic rings. The van der Waals surface area contributed by atoms with E-state index < -0.39 is 0 Å². The number of carbonyl (C=O) groups excluding carboxylic acids is 1. The number of aromatic hydroxyl groups is 1. The van der Waals surface area contributed by atoms with E-state index in [1.807, 2.05) is 18.2 Å². The van der Waals surface area contributed by atoms with Gasteiger partial charge in [0.2, 0.25) is 5.91 Å². The van der Waals surface area contributed by atoms with Crippen LogP contribution in [0.4, 0.5) is 0 Å². The fraction of sp³-hybridized carbons (Fsp3) is 0.650. The summed E-state index contributed by atoms with van der Waals surface area (Å²) in [5.74, 6) is 0.631.